The van der Waals surface area contributed by atoms with Crippen LogP contribution in [0.15, 0.2) is 12.0 Å². The summed E-state index contributed by atoms with van der Waals surface area (Å²) in [6, 6.07) is 0. The lowest BCUT2D eigenvalue weighted by atomic mass is 10.4. The number of hydrogen-bond donors (Lipinski definition) is 1. The Bertz CT molecular complexity index is 197. The lowest BCUT2D eigenvalue weighted by Crippen LogP contribution is -2.27. The maximum atomic E-state index is 10.2. The molecule has 0 amide bonds. The lowest BCUT2D eigenvalue weighted by Gasteiger charge is -2.17. The molecule has 68 valence electrons. The van der Waals surface area contributed by atoms with Gasteiger partial charge in [0, 0.05) is 20.1 Å². The highest BCUT2D eigenvalue weighted by atomic mass is 16.6. The summed E-state index contributed by atoms with van der Waals surface area (Å²) in [5.74, 6) is 0.609. The second kappa shape index (κ2) is 3.94. The van der Waals surface area contributed by atoms with Crippen LogP contribution in [-0.4, -0.2) is 30.0 Å². The van der Waals surface area contributed by atoms with E-state index in [0.717, 1.165) is 32.1 Å². The molecular weight excluding hydrogens is 158 g/mol. The van der Waals surface area contributed by atoms with Crippen LogP contribution in [-0.2, 0) is 0 Å². The van der Waals surface area contributed by atoms with Crippen molar-refractivity contribution in [1.82, 2.24) is 10.2 Å². The molecule has 0 aliphatic carbocycles. The summed E-state index contributed by atoms with van der Waals surface area (Å²) in [5.41, 5.74) is 0. The van der Waals surface area contributed by atoms with Gasteiger partial charge in [0.25, 0.3) is 6.20 Å². The molecule has 0 aromatic carbocycles. The Kier molecular flexibility index (Phi) is 2.90. The fourth-order valence-corrected chi connectivity index (χ4v) is 1.36. The molecule has 1 aliphatic heterocycles. The standard InChI is InChI=1S/C7H13N3O2/c1-8-7(6-10(11)12)9-4-2-3-5-9/h6,8H,2-5H2,1H3. The molecule has 0 atom stereocenters. The van der Waals surface area contributed by atoms with Gasteiger partial charge in [-0.15, -0.1) is 0 Å². The zero-order valence-corrected chi connectivity index (χ0v) is 7.12. The molecule has 0 aromatic rings. The summed E-state index contributed by atoms with van der Waals surface area (Å²) in [6.45, 7) is 1.83. The van der Waals surface area contributed by atoms with E-state index in [0.29, 0.717) is 5.82 Å². The summed E-state index contributed by atoms with van der Waals surface area (Å²) < 4.78 is 0. The van der Waals surface area contributed by atoms with E-state index < -0.39 is 4.92 Å². The van der Waals surface area contributed by atoms with Crippen molar-refractivity contribution in [3.63, 3.8) is 0 Å². The highest BCUT2D eigenvalue weighted by molar-refractivity contribution is 4.95. The average Bonchev–Trinajstić information content (AvgIpc) is 2.51. The van der Waals surface area contributed by atoms with Gasteiger partial charge in [0.1, 0.15) is 0 Å². The molecule has 0 spiro atoms. The van der Waals surface area contributed by atoms with E-state index in [1.54, 1.807) is 7.05 Å². The maximum Gasteiger partial charge on any atom is 0.274 e. The smallest absolute Gasteiger partial charge is 0.274 e. The molecule has 0 bridgehead atoms. The van der Waals surface area contributed by atoms with E-state index in [1.807, 2.05) is 4.90 Å². The van der Waals surface area contributed by atoms with Gasteiger partial charge in [-0.3, -0.25) is 10.1 Å². The maximum absolute atomic E-state index is 10.2. The Balaban J connectivity index is 2.60. The average molecular weight is 171 g/mol. The van der Waals surface area contributed by atoms with Crippen molar-refractivity contribution >= 4 is 0 Å². The van der Waals surface area contributed by atoms with E-state index in [1.165, 1.54) is 0 Å². The van der Waals surface area contributed by atoms with Crippen molar-refractivity contribution in [3.05, 3.63) is 22.1 Å². The van der Waals surface area contributed by atoms with Crippen molar-refractivity contribution in [2.45, 2.75) is 12.8 Å². The van der Waals surface area contributed by atoms with Crippen LogP contribution < -0.4 is 5.32 Å². The molecule has 0 saturated carbocycles. The van der Waals surface area contributed by atoms with E-state index in [4.69, 9.17) is 0 Å². The van der Waals surface area contributed by atoms with Crippen molar-refractivity contribution < 1.29 is 4.92 Å². The molecule has 1 aliphatic rings. The number of nitrogens with zero attached hydrogens (tertiary/aromatic N) is 2. The molecule has 12 heavy (non-hydrogen) atoms. The van der Waals surface area contributed by atoms with Crippen molar-refractivity contribution in [2.75, 3.05) is 20.1 Å². The van der Waals surface area contributed by atoms with Crippen molar-refractivity contribution in [1.29, 1.82) is 0 Å². The molecule has 1 N–H and O–H groups in total. The molecule has 0 unspecified atom stereocenters. The third kappa shape index (κ3) is 2.11. The van der Waals surface area contributed by atoms with Crippen LogP contribution in [0.3, 0.4) is 0 Å². The Morgan fingerprint density at radius 1 is 1.58 bits per heavy atom. The molecule has 1 saturated heterocycles. The number of hydrogen-bond acceptors (Lipinski definition) is 4. The predicted molar refractivity (Wildman–Crippen MR) is 44.9 cm³/mol. The topological polar surface area (TPSA) is 58.4 Å². The number of nitrogens with one attached hydrogen (secondary N) is 1. The second-order valence-corrected chi connectivity index (χ2v) is 2.74. The van der Waals surface area contributed by atoms with Gasteiger partial charge >= 0.3 is 0 Å². The number of likely N-dealkylation sites (tertiary alicyclic amines) is 1. The van der Waals surface area contributed by atoms with Gasteiger partial charge in [0.05, 0.1) is 4.92 Å². The minimum atomic E-state index is -0.426. The molecule has 1 heterocycles. The largest absolute Gasteiger partial charge is 0.370 e. The van der Waals surface area contributed by atoms with E-state index in [2.05, 4.69) is 5.32 Å². The van der Waals surface area contributed by atoms with Gasteiger partial charge in [0.2, 0.25) is 0 Å². The third-order valence-corrected chi connectivity index (χ3v) is 1.93. The summed E-state index contributed by atoms with van der Waals surface area (Å²) in [5, 5.41) is 13.0. The number of rotatable bonds is 3. The quantitative estimate of drug-likeness (QED) is 0.492. The fourth-order valence-electron chi connectivity index (χ4n) is 1.36. The lowest BCUT2D eigenvalue weighted by molar-refractivity contribution is -0.404. The summed E-state index contributed by atoms with van der Waals surface area (Å²) in [4.78, 5) is 11.8. The second-order valence-electron chi connectivity index (χ2n) is 2.74. The van der Waals surface area contributed by atoms with Crippen LogP contribution in [0.5, 0.6) is 0 Å². The van der Waals surface area contributed by atoms with Crippen LogP contribution in [0.25, 0.3) is 0 Å². The molecule has 0 aromatic heterocycles. The van der Waals surface area contributed by atoms with Crippen molar-refractivity contribution in [3.8, 4) is 0 Å². The predicted octanol–water partition coefficient (Wildman–Crippen LogP) is 0.377. The monoisotopic (exact) mass is 171 g/mol. The molecule has 5 nitrogen and oxygen atoms in total. The summed E-state index contributed by atoms with van der Waals surface area (Å²) in [7, 11) is 1.70. The van der Waals surface area contributed by atoms with E-state index >= 15 is 0 Å². The first-order valence-corrected chi connectivity index (χ1v) is 4.02. The summed E-state index contributed by atoms with van der Waals surface area (Å²) in [6.07, 6.45) is 3.26. The van der Waals surface area contributed by atoms with Gasteiger partial charge in [-0.1, -0.05) is 0 Å². The highest BCUT2D eigenvalue weighted by Gasteiger charge is 2.15. The first-order chi connectivity index (χ1) is 5.74. The van der Waals surface area contributed by atoms with Crippen LogP contribution in [0.4, 0.5) is 0 Å². The summed E-state index contributed by atoms with van der Waals surface area (Å²) >= 11 is 0. The van der Waals surface area contributed by atoms with E-state index in [9.17, 15) is 10.1 Å². The normalized spacial score (nSPS) is 18.1. The zero-order chi connectivity index (χ0) is 8.97. The van der Waals surface area contributed by atoms with E-state index in [-0.39, 0.29) is 0 Å². The molecule has 0 radical (unpaired) electrons. The van der Waals surface area contributed by atoms with Crippen molar-refractivity contribution in [2.24, 2.45) is 0 Å². The third-order valence-electron chi connectivity index (χ3n) is 1.93. The molecule has 1 fully saturated rings. The molecular formula is C7H13N3O2. The van der Waals surface area contributed by atoms with Gasteiger partial charge in [-0.2, -0.15) is 0 Å². The van der Waals surface area contributed by atoms with Crippen LogP contribution in [0, 0.1) is 10.1 Å². The Morgan fingerprint density at radius 2 is 2.17 bits per heavy atom. The zero-order valence-electron chi connectivity index (χ0n) is 7.12. The Labute approximate surface area is 71.2 Å². The first-order valence-electron chi connectivity index (χ1n) is 4.02. The SMILES string of the molecule is CNC(=C[N+](=O)[O-])N1CCCC1. The van der Waals surface area contributed by atoms with Crippen LogP contribution >= 0.6 is 0 Å². The minimum Gasteiger partial charge on any atom is -0.370 e. The molecule has 1 rings (SSSR count). The van der Waals surface area contributed by atoms with Gasteiger partial charge in [-0.05, 0) is 12.8 Å². The fraction of sp³-hybridized carbons (Fsp3) is 0.714. The Morgan fingerprint density at radius 3 is 2.58 bits per heavy atom. The first kappa shape index (κ1) is 8.83. The van der Waals surface area contributed by atoms with Gasteiger partial charge < -0.3 is 10.2 Å². The highest BCUT2D eigenvalue weighted by Crippen LogP contribution is 2.11. The van der Waals surface area contributed by atoms with Crippen LogP contribution in [0.1, 0.15) is 12.8 Å². The van der Waals surface area contributed by atoms with Crippen LogP contribution in [0.2, 0.25) is 0 Å². The number of nitro groups is 1. The van der Waals surface area contributed by atoms with Gasteiger partial charge in [0.15, 0.2) is 5.82 Å². The van der Waals surface area contributed by atoms with Gasteiger partial charge in [-0.25, -0.2) is 0 Å². The Hall–Kier alpha value is -1.26. The molecule has 5 heteroatoms. The minimum absolute atomic E-state index is 0.426.